The second-order valence-corrected chi connectivity index (χ2v) is 4.80. The fourth-order valence-corrected chi connectivity index (χ4v) is 2.34. The van der Waals surface area contributed by atoms with Gasteiger partial charge in [-0.3, -0.25) is 0 Å². The van der Waals surface area contributed by atoms with Crippen LogP contribution >= 0.6 is 23.2 Å². The number of nitrogen functional groups attached to an aromatic ring is 1. The molecule has 0 saturated heterocycles. The zero-order valence-electron chi connectivity index (χ0n) is 9.50. The first kappa shape index (κ1) is 12.3. The van der Waals surface area contributed by atoms with Gasteiger partial charge < -0.3 is 5.73 Å². The van der Waals surface area contributed by atoms with E-state index in [1.54, 1.807) is 6.07 Å². The van der Waals surface area contributed by atoms with Gasteiger partial charge in [-0.1, -0.05) is 36.2 Å². The van der Waals surface area contributed by atoms with E-state index in [0.717, 1.165) is 28.8 Å². The van der Waals surface area contributed by atoms with Crippen molar-refractivity contribution in [2.75, 3.05) is 5.73 Å². The standard InChI is InChI=1S/C14H13Cl2N/c1-2-9-5-10(3-4-14(9)17)11-6-12(15)8-13(16)7-11/h3-8H,2,17H2,1H3. The number of anilines is 1. The average molecular weight is 266 g/mol. The number of benzene rings is 2. The summed E-state index contributed by atoms with van der Waals surface area (Å²) in [6.45, 7) is 2.08. The topological polar surface area (TPSA) is 26.0 Å². The van der Waals surface area contributed by atoms with Crippen LogP contribution in [0, 0.1) is 0 Å². The van der Waals surface area contributed by atoms with E-state index in [9.17, 15) is 0 Å². The Kier molecular flexibility index (Phi) is 3.60. The van der Waals surface area contributed by atoms with Crippen molar-refractivity contribution < 1.29 is 0 Å². The third-order valence-electron chi connectivity index (χ3n) is 2.72. The summed E-state index contributed by atoms with van der Waals surface area (Å²) in [7, 11) is 0. The first-order chi connectivity index (χ1) is 8.10. The van der Waals surface area contributed by atoms with Crippen molar-refractivity contribution in [3.05, 3.63) is 52.0 Å². The highest BCUT2D eigenvalue weighted by Crippen LogP contribution is 2.29. The minimum atomic E-state index is 0.641. The van der Waals surface area contributed by atoms with E-state index in [0.29, 0.717) is 10.0 Å². The summed E-state index contributed by atoms with van der Waals surface area (Å²) < 4.78 is 0. The van der Waals surface area contributed by atoms with Gasteiger partial charge in [0.2, 0.25) is 0 Å². The van der Waals surface area contributed by atoms with Crippen LogP contribution in [0.25, 0.3) is 11.1 Å². The molecular formula is C14H13Cl2N. The largest absolute Gasteiger partial charge is 0.399 e. The molecule has 0 radical (unpaired) electrons. The molecule has 0 spiro atoms. The van der Waals surface area contributed by atoms with Crippen LogP contribution in [0.4, 0.5) is 5.69 Å². The molecule has 2 aromatic carbocycles. The molecule has 0 aromatic heterocycles. The minimum Gasteiger partial charge on any atom is -0.399 e. The van der Waals surface area contributed by atoms with Crippen LogP contribution in [0.15, 0.2) is 36.4 Å². The summed E-state index contributed by atoms with van der Waals surface area (Å²) in [6, 6.07) is 11.5. The Hall–Kier alpha value is -1.18. The van der Waals surface area contributed by atoms with Gasteiger partial charge in [0.05, 0.1) is 0 Å². The number of hydrogen-bond acceptors (Lipinski definition) is 1. The molecule has 0 aliphatic heterocycles. The molecule has 0 fully saturated rings. The lowest BCUT2D eigenvalue weighted by Crippen LogP contribution is -1.93. The predicted molar refractivity (Wildman–Crippen MR) is 75.7 cm³/mol. The molecule has 0 amide bonds. The molecule has 2 rings (SSSR count). The third kappa shape index (κ3) is 2.74. The minimum absolute atomic E-state index is 0.641. The Morgan fingerprint density at radius 1 is 0.941 bits per heavy atom. The SMILES string of the molecule is CCc1cc(-c2cc(Cl)cc(Cl)c2)ccc1N. The van der Waals surface area contributed by atoms with Crippen LogP contribution in [0.1, 0.15) is 12.5 Å². The van der Waals surface area contributed by atoms with Crippen molar-refractivity contribution >= 4 is 28.9 Å². The Bertz CT molecular complexity index is 530. The van der Waals surface area contributed by atoms with Crippen molar-refractivity contribution in [1.82, 2.24) is 0 Å². The van der Waals surface area contributed by atoms with Crippen LogP contribution < -0.4 is 5.73 Å². The Balaban J connectivity index is 2.52. The van der Waals surface area contributed by atoms with E-state index in [1.807, 2.05) is 24.3 Å². The molecule has 17 heavy (non-hydrogen) atoms. The molecule has 2 aromatic rings. The summed E-state index contributed by atoms with van der Waals surface area (Å²) in [6.07, 6.45) is 0.911. The Morgan fingerprint density at radius 2 is 1.59 bits per heavy atom. The van der Waals surface area contributed by atoms with E-state index < -0.39 is 0 Å². The molecule has 2 N–H and O–H groups in total. The van der Waals surface area contributed by atoms with Gasteiger partial charge in [0.1, 0.15) is 0 Å². The summed E-state index contributed by atoms with van der Waals surface area (Å²) in [5.74, 6) is 0. The fourth-order valence-electron chi connectivity index (χ4n) is 1.81. The lowest BCUT2D eigenvalue weighted by atomic mass is 10.0. The maximum Gasteiger partial charge on any atom is 0.0426 e. The van der Waals surface area contributed by atoms with E-state index in [4.69, 9.17) is 28.9 Å². The van der Waals surface area contributed by atoms with Crippen molar-refractivity contribution in [3.63, 3.8) is 0 Å². The van der Waals surface area contributed by atoms with E-state index in [-0.39, 0.29) is 0 Å². The zero-order valence-corrected chi connectivity index (χ0v) is 11.0. The molecule has 0 bridgehead atoms. The maximum absolute atomic E-state index is 6.00. The van der Waals surface area contributed by atoms with Gasteiger partial charge in [-0.2, -0.15) is 0 Å². The van der Waals surface area contributed by atoms with Crippen LogP contribution in [0.2, 0.25) is 10.0 Å². The van der Waals surface area contributed by atoms with E-state index in [1.165, 1.54) is 0 Å². The van der Waals surface area contributed by atoms with E-state index >= 15 is 0 Å². The Morgan fingerprint density at radius 3 is 2.18 bits per heavy atom. The molecule has 0 unspecified atom stereocenters. The van der Waals surface area contributed by atoms with Gasteiger partial charge >= 0.3 is 0 Å². The van der Waals surface area contributed by atoms with Crippen LogP contribution in [0.3, 0.4) is 0 Å². The Labute approximate surface area is 111 Å². The van der Waals surface area contributed by atoms with Crippen LogP contribution in [-0.2, 0) is 6.42 Å². The van der Waals surface area contributed by atoms with Crippen molar-refractivity contribution in [3.8, 4) is 11.1 Å². The molecule has 1 nitrogen and oxygen atoms in total. The molecular weight excluding hydrogens is 253 g/mol. The number of halogens is 2. The normalized spacial score (nSPS) is 10.5. The zero-order chi connectivity index (χ0) is 12.4. The molecule has 88 valence electrons. The fraction of sp³-hybridized carbons (Fsp3) is 0.143. The van der Waals surface area contributed by atoms with Crippen LogP contribution in [-0.4, -0.2) is 0 Å². The lowest BCUT2D eigenvalue weighted by Gasteiger charge is -2.08. The van der Waals surface area contributed by atoms with Gasteiger partial charge in [0, 0.05) is 15.7 Å². The van der Waals surface area contributed by atoms with Crippen molar-refractivity contribution in [1.29, 1.82) is 0 Å². The highest BCUT2D eigenvalue weighted by molar-refractivity contribution is 6.35. The second-order valence-electron chi connectivity index (χ2n) is 3.93. The van der Waals surface area contributed by atoms with Gasteiger partial charge in [0.25, 0.3) is 0 Å². The number of rotatable bonds is 2. The summed E-state index contributed by atoms with van der Waals surface area (Å²) >= 11 is 12.0. The van der Waals surface area contributed by atoms with Gasteiger partial charge in [-0.05, 0) is 53.4 Å². The van der Waals surface area contributed by atoms with Crippen molar-refractivity contribution in [2.24, 2.45) is 0 Å². The van der Waals surface area contributed by atoms with Gasteiger partial charge in [0.15, 0.2) is 0 Å². The highest BCUT2D eigenvalue weighted by atomic mass is 35.5. The highest BCUT2D eigenvalue weighted by Gasteiger charge is 2.04. The van der Waals surface area contributed by atoms with Crippen molar-refractivity contribution in [2.45, 2.75) is 13.3 Å². The lowest BCUT2D eigenvalue weighted by molar-refractivity contribution is 1.15. The number of aryl methyl sites for hydroxylation is 1. The quantitative estimate of drug-likeness (QED) is 0.776. The number of hydrogen-bond donors (Lipinski definition) is 1. The predicted octanol–water partition coefficient (Wildman–Crippen LogP) is 4.81. The first-order valence-corrected chi connectivity index (χ1v) is 6.20. The molecule has 3 heteroatoms. The van der Waals surface area contributed by atoms with Gasteiger partial charge in [-0.15, -0.1) is 0 Å². The monoisotopic (exact) mass is 265 g/mol. The van der Waals surface area contributed by atoms with E-state index in [2.05, 4.69) is 13.0 Å². The molecule has 0 aliphatic carbocycles. The van der Waals surface area contributed by atoms with Crippen LogP contribution in [0.5, 0.6) is 0 Å². The second kappa shape index (κ2) is 4.99. The third-order valence-corrected chi connectivity index (χ3v) is 3.16. The summed E-state index contributed by atoms with van der Waals surface area (Å²) in [4.78, 5) is 0. The average Bonchev–Trinajstić information content (AvgIpc) is 2.28. The summed E-state index contributed by atoms with van der Waals surface area (Å²) in [5, 5.41) is 1.28. The maximum atomic E-state index is 6.00. The first-order valence-electron chi connectivity index (χ1n) is 5.45. The molecule has 0 heterocycles. The number of nitrogens with two attached hydrogens (primary N) is 1. The smallest absolute Gasteiger partial charge is 0.0426 e. The van der Waals surface area contributed by atoms with Gasteiger partial charge in [-0.25, -0.2) is 0 Å². The molecule has 0 aliphatic rings. The molecule has 0 saturated carbocycles. The molecule has 0 atom stereocenters. The summed E-state index contributed by atoms with van der Waals surface area (Å²) in [5.41, 5.74) is 9.94.